The van der Waals surface area contributed by atoms with Gasteiger partial charge >= 0.3 is 12.1 Å². The van der Waals surface area contributed by atoms with E-state index in [9.17, 15) is 18.0 Å². The molecule has 0 saturated heterocycles. The highest BCUT2D eigenvalue weighted by Gasteiger charge is 2.33. The van der Waals surface area contributed by atoms with Crippen molar-refractivity contribution >= 4 is 34.2 Å². The van der Waals surface area contributed by atoms with E-state index < -0.39 is 18.6 Å². The molecule has 0 aliphatic rings. The molecule has 2 rings (SSSR count). The maximum absolute atomic E-state index is 12.7. The Hall–Kier alpha value is -1.32. The van der Waals surface area contributed by atoms with Gasteiger partial charge in [0.1, 0.15) is 0 Å². The Morgan fingerprint density at radius 3 is 2.80 bits per heavy atom. The third-order valence-electron chi connectivity index (χ3n) is 2.54. The lowest BCUT2D eigenvalue weighted by Gasteiger charge is -2.08. The number of halogens is 4. The van der Waals surface area contributed by atoms with E-state index in [1.54, 1.807) is 19.1 Å². The fraction of sp³-hybridized carbons (Fsp3) is 0.333. The van der Waals surface area contributed by atoms with Crippen molar-refractivity contribution in [2.24, 2.45) is 0 Å². The van der Waals surface area contributed by atoms with Gasteiger partial charge in [-0.15, -0.1) is 0 Å². The Kier molecular flexibility index (Phi) is 4.21. The minimum absolute atomic E-state index is 0.0786. The molecule has 2 heterocycles. The SMILES string of the molecule is CCOC(=O)c1nc2c(I)cccn2c1CC(F)(F)F. The molecule has 20 heavy (non-hydrogen) atoms. The van der Waals surface area contributed by atoms with E-state index in [0.29, 0.717) is 9.22 Å². The summed E-state index contributed by atoms with van der Waals surface area (Å²) in [7, 11) is 0. The number of esters is 1. The second-order valence-corrected chi connectivity index (χ2v) is 5.13. The molecule has 0 fully saturated rings. The van der Waals surface area contributed by atoms with Crippen molar-refractivity contribution in [3.05, 3.63) is 33.3 Å². The monoisotopic (exact) mass is 398 g/mol. The summed E-state index contributed by atoms with van der Waals surface area (Å²) in [6, 6.07) is 3.31. The molecular weight excluding hydrogens is 388 g/mol. The zero-order chi connectivity index (χ0) is 14.9. The minimum Gasteiger partial charge on any atom is -0.461 e. The molecule has 0 atom stereocenters. The first-order valence-corrected chi connectivity index (χ1v) is 6.80. The first-order chi connectivity index (χ1) is 9.33. The lowest BCUT2D eigenvalue weighted by molar-refractivity contribution is -0.128. The van der Waals surface area contributed by atoms with Crippen molar-refractivity contribution in [2.45, 2.75) is 19.5 Å². The van der Waals surface area contributed by atoms with Crippen LogP contribution in [0.25, 0.3) is 5.65 Å². The van der Waals surface area contributed by atoms with Gasteiger partial charge in [0.15, 0.2) is 11.3 Å². The minimum atomic E-state index is -4.43. The summed E-state index contributed by atoms with van der Waals surface area (Å²) in [6.45, 7) is 1.66. The molecule has 4 nitrogen and oxygen atoms in total. The molecule has 0 saturated carbocycles. The van der Waals surface area contributed by atoms with Gasteiger partial charge in [-0.25, -0.2) is 9.78 Å². The van der Waals surface area contributed by atoms with Crippen LogP contribution in [0.5, 0.6) is 0 Å². The van der Waals surface area contributed by atoms with Gasteiger partial charge in [0.25, 0.3) is 0 Å². The molecular formula is C12H10F3IN2O2. The highest BCUT2D eigenvalue weighted by molar-refractivity contribution is 14.1. The molecule has 0 aliphatic heterocycles. The number of hydrogen-bond donors (Lipinski definition) is 0. The van der Waals surface area contributed by atoms with Crippen LogP contribution in [0, 0.1) is 3.57 Å². The summed E-state index contributed by atoms with van der Waals surface area (Å²) in [4.78, 5) is 15.8. The second kappa shape index (κ2) is 5.58. The summed E-state index contributed by atoms with van der Waals surface area (Å²) in [5.41, 5.74) is -0.173. The maximum Gasteiger partial charge on any atom is 0.394 e. The number of aromatic nitrogens is 2. The van der Waals surface area contributed by atoms with Crippen molar-refractivity contribution in [3.63, 3.8) is 0 Å². The number of fused-ring (bicyclic) bond motifs is 1. The van der Waals surface area contributed by atoms with Crippen LogP contribution >= 0.6 is 22.6 Å². The molecule has 0 unspecified atom stereocenters. The van der Waals surface area contributed by atoms with Gasteiger partial charge in [-0.3, -0.25) is 0 Å². The van der Waals surface area contributed by atoms with Crippen LogP contribution < -0.4 is 0 Å². The standard InChI is InChI=1S/C12H10F3IN2O2/c1-2-20-11(19)9-8(6-12(13,14)15)18-5-3-4-7(16)10(18)17-9/h3-5H,2,6H2,1H3. The summed E-state index contributed by atoms with van der Waals surface area (Å²) in [5, 5.41) is 0. The molecule has 8 heteroatoms. The molecule has 0 N–H and O–H groups in total. The summed E-state index contributed by atoms with van der Waals surface area (Å²) >= 11 is 1.95. The summed E-state index contributed by atoms with van der Waals surface area (Å²) < 4.78 is 44.7. The van der Waals surface area contributed by atoms with Crippen molar-refractivity contribution < 1.29 is 22.7 Å². The summed E-state index contributed by atoms with van der Waals surface area (Å²) in [6.07, 6.45) is -4.21. The molecule has 0 aromatic carbocycles. The highest BCUT2D eigenvalue weighted by Crippen LogP contribution is 2.26. The van der Waals surface area contributed by atoms with Crippen LogP contribution in [0.15, 0.2) is 18.3 Å². The van der Waals surface area contributed by atoms with Crippen LogP contribution in [0.1, 0.15) is 23.1 Å². The third-order valence-corrected chi connectivity index (χ3v) is 3.38. The molecule has 0 amide bonds. The number of nitrogens with zero attached hydrogens (tertiary/aromatic N) is 2. The van der Waals surface area contributed by atoms with Crippen molar-refractivity contribution in [1.82, 2.24) is 9.38 Å². The lowest BCUT2D eigenvalue weighted by Crippen LogP contribution is -2.17. The number of carbonyl (C=O) groups is 1. The van der Waals surface area contributed by atoms with Crippen LogP contribution in [0.4, 0.5) is 13.2 Å². The lowest BCUT2D eigenvalue weighted by atomic mass is 10.2. The quantitative estimate of drug-likeness (QED) is 0.589. The van der Waals surface area contributed by atoms with Crippen molar-refractivity contribution in [2.75, 3.05) is 6.61 Å². The zero-order valence-electron chi connectivity index (χ0n) is 10.4. The third kappa shape index (κ3) is 3.05. The average molecular weight is 398 g/mol. The van der Waals surface area contributed by atoms with E-state index in [2.05, 4.69) is 4.98 Å². The number of carbonyl (C=O) groups excluding carboxylic acids is 1. The fourth-order valence-corrected chi connectivity index (χ4v) is 2.39. The van der Waals surface area contributed by atoms with Crippen LogP contribution in [-0.2, 0) is 11.2 Å². The van der Waals surface area contributed by atoms with Gasteiger partial charge in [0, 0.05) is 6.20 Å². The van der Waals surface area contributed by atoms with E-state index in [4.69, 9.17) is 4.74 Å². The van der Waals surface area contributed by atoms with Crippen LogP contribution in [-0.4, -0.2) is 28.1 Å². The van der Waals surface area contributed by atoms with Crippen molar-refractivity contribution in [3.8, 4) is 0 Å². The Bertz CT molecular complexity index is 652. The maximum atomic E-state index is 12.7. The normalized spacial score (nSPS) is 11.8. The summed E-state index contributed by atoms with van der Waals surface area (Å²) in [5.74, 6) is -0.841. The Morgan fingerprint density at radius 1 is 1.50 bits per heavy atom. The Morgan fingerprint density at radius 2 is 2.20 bits per heavy atom. The number of pyridine rings is 1. The molecule has 2 aromatic rings. The van der Waals surface area contributed by atoms with Gasteiger partial charge < -0.3 is 9.14 Å². The number of imidazole rings is 1. The molecule has 0 radical (unpaired) electrons. The van der Waals surface area contributed by atoms with Gasteiger partial charge in [-0.05, 0) is 41.6 Å². The van der Waals surface area contributed by atoms with E-state index in [1.807, 2.05) is 22.6 Å². The van der Waals surface area contributed by atoms with Crippen molar-refractivity contribution in [1.29, 1.82) is 0 Å². The van der Waals surface area contributed by atoms with Gasteiger partial charge in [0.2, 0.25) is 0 Å². The number of ether oxygens (including phenoxy) is 1. The molecule has 2 aromatic heterocycles. The molecule has 108 valence electrons. The molecule has 0 aliphatic carbocycles. The van der Waals surface area contributed by atoms with E-state index in [-0.39, 0.29) is 18.0 Å². The highest BCUT2D eigenvalue weighted by atomic mass is 127. The van der Waals surface area contributed by atoms with Gasteiger partial charge in [-0.1, -0.05) is 0 Å². The largest absolute Gasteiger partial charge is 0.461 e. The predicted molar refractivity (Wildman–Crippen MR) is 73.6 cm³/mol. The first kappa shape index (κ1) is 15.1. The second-order valence-electron chi connectivity index (χ2n) is 3.97. The van der Waals surface area contributed by atoms with Gasteiger partial charge in [0.05, 0.1) is 22.3 Å². The predicted octanol–water partition coefficient (Wildman–Crippen LogP) is 3.22. The molecule has 0 spiro atoms. The van der Waals surface area contributed by atoms with Gasteiger partial charge in [-0.2, -0.15) is 13.2 Å². The fourth-order valence-electron chi connectivity index (χ4n) is 1.81. The topological polar surface area (TPSA) is 43.6 Å². The Balaban J connectivity index is 2.63. The van der Waals surface area contributed by atoms with E-state index in [1.165, 1.54) is 10.6 Å². The average Bonchev–Trinajstić information content (AvgIpc) is 2.68. The number of rotatable bonds is 3. The van der Waals surface area contributed by atoms with E-state index >= 15 is 0 Å². The van der Waals surface area contributed by atoms with Crippen LogP contribution in [0.2, 0.25) is 0 Å². The Labute approximate surface area is 126 Å². The smallest absolute Gasteiger partial charge is 0.394 e. The molecule has 0 bridgehead atoms. The first-order valence-electron chi connectivity index (χ1n) is 5.73. The number of hydrogen-bond acceptors (Lipinski definition) is 3. The number of alkyl halides is 3. The van der Waals surface area contributed by atoms with Crippen LogP contribution in [0.3, 0.4) is 0 Å². The van der Waals surface area contributed by atoms with E-state index in [0.717, 1.165) is 0 Å². The zero-order valence-corrected chi connectivity index (χ0v) is 12.5.